The van der Waals surface area contributed by atoms with Gasteiger partial charge in [-0.3, -0.25) is 9.59 Å². The average molecular weight is 293 g/mol. The van der Waals surface area contributed by atoms with Gasteiger partial charge in [0, 0.05) is 25.8 Å². The summed E-state index contributed by atoms with van der Waals surface area (Å²) in [4.78, 5) is 24.6. The van der Waals surface area contributed by atoms with E-state index in [1.165, 1.54) is 4.90 Å². The third kappa shape index (κ3) is 5.95. The summed E-state index contributed by atoms with van der Waals surface area (Å²) in [5.74, 6) is -0.992. The first-order chi connectivity index (χ1) is 9.93. The fourth-order valence-electron chi connectivity index (χ4n) is 1.91. The predicted octanol–water partition coefficient (Wildman–Crippen LogP) is 2.62. The lowest BCUT2D eigenvalue weighted by atomic mass is 10.1. The highest BCUT2D eigenvalue weighted by molar-refractivity contribution is 5.93. The molecule has 0 aliphatic carbocycles. The summed E-state index contributed by atoms with van der Waals surface area (Å²) in [6, 6.07) is 7.51. The van der Waals surface area contributed by atoms with Gasteiger partial charge in [-0.1, -0.05) is 17.7 Å². The molecule has 116 valence electrons. The molecule has 0 heterocycles. The van der Waals surface area contributed by atoms with Gasteiger partial charge in [-0.05, 0) is 32.4 Å². The number of carboxylic acid groups (broad SMARTS) is 1. The molecule has 1 atom stereocenters. The zero-order valence-corrected chi connectivity index (χ0v) is 12.8. The molecule has 0 aliphatic heterocycles. The maximum atomic E-state index is 12.3. The van der Waals surface area contributed by atoms with Crippen molar-refractivity contribution in [1.29, 1.82) is 0 Å². The molecule has 1 aromatic rings. The third-order valence-corrected chi connectivity index (χ3v) is 3.36. The number of nitrogens with zero attached hydrogens (tertiary/aromatic N) is 1. The maximum Gasteiger partial charge on any atom is 0.305 e. The summed E-state index contributed by atoms with van der Waals surface area (Å²) < 4.78 is 5.14. The normalized spacial score (nSPS) is 12.0. The Morgan fingerprint density at radius 2 is 1.86 bits per heavy atom. The molecule has 5 nitrogen and oxygen atoms in total. The lowest BCUT2D eigenvalue weighted by Gasteiger charge is -2.23. The third-order valence-electron chi connectivity index (χ3n) is 3.36. The molecule has 0 bridgehead atoms. The predicted molar refractivity (Wildman–Crippen MR) is 81.5 cm³/mol. The van der Waals surface area contributed by atoms with E-state index in [1.807, 2.05) is 38.1 Å². The Balaban J connectivity index is 2.78. The van der Waals surface area contributed by atoms with Crippen LogP contribution in [0, 0.1) is 6.92 Å². The van der Waals surface area contributed by atoms with Crippen molar-refractivity contribution in [2.75, 3.05) is 18.6 Å². The van der Waals surface area contributed by atoms with Crippen LogP contribution >= 0.6 is 0 Å². The van der Waals surface area contributed by atoms with Gasteiger partial charge < -0.3 is 14.7 Å². The highest BCUT2D eigenvalue weighted by atomic mass is 16.5. The minimum Gasteiger partial charge on any atom is -0.481 e. The van der Waals surface area contributed by atoms with Crippen LogP contribution in [0.3, 0.4) is 0 Å². The van der Waals surface area contributed by atoms with E-state index in [9.17, 15) is 9.59 Å². The van der Waals surface area contributed by atoms with Crippen molar-refractivity contribution in [3.63, 3.8) is 0 Å². The van der Waals surface area contributed by atoms with Gasteiger partial charge in [0.15, 0.2) is 0 Å². The minimum atomic E-state index is -0.912. The summed E-state index contributed by atoms with van der Waals surface area (Å²) in [7, 11) is 1.61. The Kier molecular flexibility index (Phi) is 6.88. The van der Waals surface area contributed by atoms with E-state index in [0.717, 1.165) is 11.3 Å². The van der Waals surface area contributed by atoms with Crippen molar-refractivity contribution < 1.29 is 19.4 Å². The summed E-state index contributed by atoms with van der Waals surface area (Å²) in [6.45, 7) is 4.05. The number of anilines is 1. The van der Waals surface area contributed by atoms with Crippen LogP contribution in [0.5, 0.6) is 0 Å². The number of carboxylic acids is 1. The molecule has 1 aromatic carbocycles. The van der Waals surface area contributed by atoms with E-state index in [2.05, 4.69) is 0 Å². The number of benzene rings is 1. The first-order valence-electron chi connectivity index (χ1n) is 7.05. The number of hydrogen-bond acceptors (Lipinski definition) is 3. The van der Waals surface area contributed by atoms with E-state index >= 15 is 0 Å². The van der Waals surface area contributed by atoms with E-state index in [0.29, 0.717) is 12.8 Å². The molecule has 0 fully saturated rings. The van der Waals surface area contributed by atoms with Gasteiger partial charge in [-0.25, -0.2) is 0 Å². The summed E-state index contributed by atoms with van der Waals surface area (Å²) >= 11 is 0. The van der Waals surface area contributed by atoms with Crippen LogP contribution in [0.4, 0.5) is 5.69 Å². The fraction of sp³-hybridized carbons (Fsp3) is 0.500. The molecule has 0 aromatic heterocycles. The van der Waals surface area contributed by atoms with E-state index in [1.54, 1.807) is 7.11 Å². The number of amides is 1. The molecule has 21 heavy (non-hydrogen) atoms. The molecular formula is C16H23NO4. The van der Waals surface area contributed by atoms with Crippen LogP contribution in [0.1, 0.15) is 31.7 Å². The van der Waals surface area contributed by atoms with Gasteiger partial charge in [0.2, 0.25) is 5.91 Å². The van der Waals surface area contributed by atoms with Crippen LogP contribution in [-0.2, 0) is 14.3 Å². The number of hydrogen-bond donors (Lipinski definition) is 1. The second-order valence-electron chi connectivity index (χ2n) is 5.11. The first-order valence-corrected chi connectivity index (χ1v) is 7.05. The van der Waals surface area contributed by atoms with E-state index in [-0.39, 0.29) is 25.0 Å². The molecule has 1 N–H and O–H groups in total. The van der Waals surface area contributed by atoms with Crippen molar-refractivity contribution in [2.24, 2.45) is 0 Å². The van der Waals surface area contributed by atoms with Gasteiger partial charge in [-0.2, -0.15) is 0 Å². The fourth-order valence-corrected chi connectivity index (χ4v) is 1.91. The summed E-state index contributed by atoms with van der Waals surface area (Å²) in [6.07, 6.45) is 0.889. The van der Waals surface area contributed by atoms with Crippen molar-refractivity contribution in [3.05, 3.63) is 29.8 Å². The first kappa shape index (κ1) is 17.2. The lowest BCUT2D eigenvalue weighted by Crippen LogP contribution is -2.33. The maximum absolute atomic E-state index is 12.3. The van der Waals surface area contributed by atoms with Gasteiger partial charge in [0.1, 0.15) is 0 Å². The van der Waals surface area contributed by atoms with Crippen LogP contribution in [0.2, 0.25) is 0 Å². The second-order valence-corrected chi connectivity index (χ2v) is 5.11. The van der Waals surface area contributed by atoms with Crippen LogP contribution < -0.4 is 4.90 Å². The number of carbonyl (C=O) groups is 2. The second kappa shape index (κ2) is 8.42. The highest BCUT2D eigenvalue weighted by Crippen LogP contribution is 2.18. The van der Waals surface area contributed by atoms with Crippen LogP contribution in [0.25, 0.3) is 0 Å². The van der Waals surface area contributed by atoms with Gasteiger partial charge >= 0.3 is 5.97 Å². The molecule has 0 saturated heterocycles. The van der Waals surface area contributed by atoms with Crippen molar-refractivity contribution in [1.82, 2.24) is 0 Å². The zero-order valence-electron chi connectivity index (χ0n) is 12.8. The van der Waals surface area contributed by atoms with E-state index < -0.39 is 5.97 Å². The van der Waals surface area contributed by atoms with E-state index in [4.69, 9.17) is 9.84 Å². The number of methoxy groups -OCH3 is 1. The zero-order chi connectivity index (χ0) is 15.8. The molecule has 0 aliphatic rings. The van der Waals surface area contributed by atoms with Crippen molar-refractivity contribution >= 4 is 17.6 Å². The van der Waals surface area contributed by atoms with Gasteiger partial charge in [-0.15, -0.1) is 0 Å². The molecule has 0 radical (unpaired) electrons. The highest BCUT2D eigenvalue weighted by Gasteiger charge is 2.17. The quantitative estimate of drug-likeness (QED) is 0.800. The Bertz CT molecular complexity index is 470. The molecule has 1 amide bonds. The largest absolute Gasteiger partial charge is 0.481 e. The standard InChI is InChI=1S/C16H23NO4/c1-12-4-7-14(8-5-12)17(11-10-16(19)20)15(18)9-6-13(2)21-3/h4-5,7-8,13H,6,9-11H2,1-3H3,(H,19,20). The van der Waals surface area contributed by atoms with Crippen molar-refractivity contribution in [3.8, 4) is 0 Å². The van der Waals surface area contributed by atoms with Crippen LogP contribution in [0.15, 0.2) is 24.3 Å². The average Bonchev–Trinajstić information content (AvgIpc) is 2.46. The molecule has 0 saturated carbocycles. The van der Waals surface area contributed by atoms with Gasteiger partial charge in [0.05, 0.1) is 12.5 Å². The topological polar surface area (TPSA) is 66.8 Å². The number of aliphatic carboxylic acids is 1. The number of rotatable bonds is 8. The molecular weight excluding hydrogens is 270 g/mol. The Labute approximate surface area is 125 Å². The van der Waals surface area contributed by atoms with Crippen LogP contribution in [-0.4, -0.2) is 36.7 Å². The Morgan fingerprint density at radius 1 is 1.24 bits per heavy atom. The summed E-state index contributed by atoms with van der Waals surface area (Å²) in [5, 5.41) is 8.83. The molecule has 1 rings (SSSR count). The number of ether oxygens (including phenoxy) is 1. The minimum absolute atomic E-state index is 0.00768. The summed E-state index contributed by atoms with van der Waals surface area (Å²) in [5.41, 5.74) is 1.83. The smallest absolute Gasteiger partial charge is 0.305 e. The monoisotopic (exact) mass is 293 g/mol. The number of carbonyl (C=O) groups excluding carboxylic acids is 1. The Hall–Kier alpha value is -1.88. The van der Waals surface area contributed by atoms with Crippen molar-refractivity contribution in [2.45, 2.75) is 39.2 Å². The molecule has 5 heteroatoms. The molecule has 1 unspecified atom stereocenters. The van der Waals surface area contributed by atoms with Gasteiger partial charge in [0.25, 0.3) is 0 Å². The molecule has 0 spiro atoms. The lowest BCUT2D eigenvalue weighted by molar-refractivity contribution is -0.136. The SMILES string of the molecule is COC(C)CCC(=O)N(CCC(=O)O)c1ccc(C)cc1. The Morgan fingerprint density at radius 3 is 2.38 bits per heavy atom. The number of aryl methyl sites for hydroxylation is 1.